The summed E-state index contributed by atoms with van der Waals surface area (Å²) in [5.41, 5.74) is 9.54. The van der Waals surface area contributed by atoms with Crippen molar-refractivity contribution in [2.45, 2.75) is 58.5 Å². The first-order valence-electron chi connectivity index (χ1n) is 7.90. The molecule has 2 nitrogen and oxygen atoms in total. The Morgan fingerprint density at radius 3 is 2.45 bits per heavy atom. The third kappa shape index (κ3) is 3.83. The third-order valence-corrected chi connectivity index (χ3v) is 5.00. The van der Waals surface area contributed by atoms with Gasteiger partial charge in [0, 0.05) is 18.6 Å². The second kappa shape index (κ2) is 6.28. The second-order valence-electron chi connectivity index (χ2n) is 7.30. The van der Waals surface area contributed by atoms with Crippen LogP contribution in [0.1, 0.15) is 56.7 Å². The number of hydrogen-bond donors (Lipinski definition) is 1. The first-order chi connectivity index (χ1) is 9.39. The molecule has 2 N–H and O–H groups in total. The molecular formula is C18H30N2. The number of hydrogen-bond acceptors (Lipinski definition) is 2. The quantitative estimate of drug-likeness (QED) is 0.902. The minimum Gasteiger partial charge on any atom is -0.323 e. The number of nitrogens with zero attached hydrogens (tertiary/aromatic N) is 1. The van der Waals surface area contributed by atoms with Crippen LogP contribution in [0.4, 0.5) is 0 Å². The van der Waals surface area contributed by atoms with E-state index in [1.165, 1.54) is 36.8 Å². The van der Waals surface area contributed by atoms with Crippen LogP contribution in [0, 0.1) is 12.3 Å². The number of nitrogens with two attached hydrogens (primary N) is 1. The summed E-state index contributed by atoms with van der Waals surface area (Å²) in [6.45, 7) is 7.89. The minimum absolute atomic E-state index is 0.121. The van der Waals surface area contributed by atoms with E-state index in [-0.39, 0.29) is 6.04 Å². The molecular weight excluding hydrogens is 244 g/mol. The summed E-state index contributed by atoms with van der Waals surface area (Å²) in [6, 6.07) is 9.31. The maximum atomic E-state index is 6.42. The minimum atomic E-state index is 0.121. The molecule has 1 unspecified atom stereocenters. The van der Waals surface area contributed by atoms with Crippen molar-refractivity contribution in [3.05, 3.63) is 35.4 Å². The maximum Gasteiger partial charge on any atom is 0.0426 e. The number of aryl methyl sites for hydroxylation is 1. The van der Waals surface area contributed by atoms with E-state index in [4.69, 9.17) is 5.73 Å². The van der Waals surface area contributed by atoms with Gasteiger partial charge in [0.25, 0.3) is 0 Å². The molecule has 0 saturated heterocycles. The van der Waals surface area contributed by atoms with E-state index < -0.39 is 0 Å². The summed E-state index contributed by atoms with van der Waals surface area (Å²) in [6.07, 6.45) is 5.29. The van der Waals surface area contributed by atoms with Gasteiger partial charge in [-0.1, -0.05) is 38.1 Å². The van der Waals surface area contributed by atoms with Gasteiger partial charge >= 0.3 is 0 Å². The van der Waals surface area contributed by atoms with E-state index in [0.717, 1.165) is 6.54 Å². The van der Waals surface area contributed by atoms with E-state index >= 15 is 0 Å². The third-order valence-electron chi connectivity index (χ3n) is 5.00. The Kier molecular flexibility index (Phi) is 4.87. The predicted octanol–water partition coefficient (Wildman–Crippen LogP) is 3.90. The highest BCUT2D eigenvalue weighted by Gasteiger charge is 2.29. The van der Waals surface area contributed by atoms with Crippen LogP contribution in [-0.2, 0) is 0 Å². The van der Waals surface area contributed by atoms with Crippen LogP contribution in [0.2, 0.25) is 0 Å². The molecule has 1 aliphatic carbocycles. The molecule has 1 saturated carbocycles. The fourth-order valence-corrected chi connectivity index (χ4v) is 3.39. The molecule has 2 heteroatoms. The molecule has 0 aromatic heterocycles. The molecule has 0 spiro atoms. The standard InChI is InChI=1S/C18H30N2/c1-14-7-5-6-8-16(14)17(19)13-20(4)15-9-11-18(2,3)12-10-15/h5-8,15,17H,9-13,19H2,1-4H3. The molecule has 0 amide bonds. The average Bonchev–Trinajstić information content (AvgIpc) is 2.38. The van der Waals surface area contributed by atoms with Gasteiger partial charge in [-0.05, 0) is 56.2 Å². The highest BCUT2D eigenvalue weighted by atomic mass is 15.1. The van der Waals surface area contributed by atoms with Gasteiger partial charge in [-0.15, -0.1) is 0 Å². The van der Waals surface area contributed by atoms with Gasteiger partial charge in [0.2, 0.25) is 0 Å². The molecule has 0 heterocycles. The largest absolute Gasteiger partial charge is 0.323 e. The molecule has 20 heavy (non-hydrogen) atoms. The zero-order valence-corrected chi connectivity index (χ0v) is 13.5. The van der Waals surface area contributed by atoms with E-state index in [9.17, 15) is 0 Å². The van der Waals surface area contributed by atoms with Gasteiger partial charge in [0.15, 0.2) is 0 Å². The summed E-state index contributed by atoms with van der Waals surface area (Å²) in [4.78, 5) is 2.48. The zero-order chi connectivity index (χ0) is 14.8. The molecule has 1 fully saturated rings. The summed E-state index contributed by atoms with van der Waals surface area (Å²) < 4.78 is 0. The summed E-state index contributed by atoms with van der Waals surface area (Å²) >= 11 is 0. The average molecular weight is 274 g/mol. The van der Waals surface area contributed by atoms with Crippen LogP contribution in [0.25, 0.3) is 0 Å². The van der Waals surface area contributed by atoms with Crippen molar-refractivity contribution in [2.75, 3.05) is 13.6 Å². The van der Waals surface area contributed by atoms with Crippen molar-refractivity contribution in [3.8, 4) is 0 Å². The first kappa shape index (κ1) is 15.5. The lowest BCUT2D eigenvalue weighted by Gasteiger charge is -2.39. The molecule has 2 rings (SSSR count). The molecule has 1 aromatic carbocycles. The maximum absolute atomic E-state index is 6.42. The van der Waals surface area contributed by atoms with Crippen LogP contribution >= 0.6 is 0 Å². The normalized spacial score (nSPS) is 21.1. The van der Waals surface area contributed by atoms with Crippen molar-refractivity contribution in [2.24, 2.45) is 11.1 Å². The lowest BCUT2D eigenvalue weighted by molar-refractivity contribution is 0.123. The van der Waals surface area contributed by atoms with Crippen molar-refractivity contribution in [3.63, 3.8) is 0 Å². The van der Waals surface area contributed by atoms with Crippen molar-refractivity contribution in [1.29, 1.82) is 0 Å². The Balaban J connectivity index is 1.92. The fraction of sp³-hybridized carbons (Fsp3) is 0.667. The highest BCUT2D eigenvalue weighted by molar-refractivity contribution is 5.28. The van der Waals surface area contributed by atoms with Gasteiger partial charge in [0.05, 0.1) is 0 Å². The lowest BCUT2D eigenvalue weighted by Crippen LogP contribution is -2.40. The Morgan fingerprint density at radius 1 is 1.25 bits per heavy atom. The SMILES string of the molecule is Cc1ccccc1C(N)CN(C)C1CCC(C)(C)CC1. The number of rotatable bonds is 4. The summed E-state index contributed by atoms with van der Waals surface area (Å²) in [5.74, 6) is 0. The topological polar surface area (TPSA) is 29.3 Å². The van der Waals surface area contributed by atoms with Crippen molar-refractivity contribution >= 4 is 0 Å². The van der Waals surface area contributed by atoms with E-state index in [1.54, 1.807) is 0 Å². The molecule has 0 bridgehead atoms. The zero-order valence-electron chi connectivity index (χ0n) is 13.5. The lowest BCUT2D eigenvalue weighted by atomic mass is 9.75. The Morgan fingerprint density at radius 2 is 1.85 bits per heavy atom. The molecule has 1 aliphatic rings. The van der Waals surface area contributed by atoms with E-state index in [1.807, 2.05) is 0 Å². The van der Waals surface area contributed by atoms with Gasteiger partial charge < -0.3 is 10.6 Å². The van der Waals surface area contributed by atoms with Crippen LogP contribution in [0.3, 0.4) is 0 Å². The molecule has 1 aromatic rings. The van der Waals surface area contributed by atoms with Gasteiger partial charge in [-0.25, -0.2) is 0 Å². The van der Waals surface area contributed by atoms with E-state index in [0.29, 0.717) is 11.5 Å². The monoisotopic (exact) mass is 274 g/mol. The predicted molar refractivity (Wildman–Crippen MR) is 86.8 cm³/mol. The summed E-state index contributed by atoms with van der Waals surface area (Å²) in [7, 11) is 2.24. The van der Waals surface area contributed by atoms with Crippen LogP contribution < -0.4 is 5.73 Å². The molecule has 1 atom stereocenters. The fourth-order valence-electron chi connectivity index (χ4n) is 3.39. The molecule has 112 valence electrons. The smallest absolute Gasteiger partial charge is 0.0426 e. The number of benzene rings is 1. The van der Waals surface area contributed by atoms with Crippen molar-refractivity contribution in [1.82, 2.24) is 4.90 Å². The van der Waals surface area contributed by atoms with Crippen LogP contribution in [0.15, 0.2) is 24.3 Å². The summed E-state index contributed by atoms with van der Waals surface area (Å²) in [5, 5.41) is 0. The van der Waals surface area contributed by atoms with Crippen LogP contribution in [-0.4, -0.2) is 24.5 Å². The first-order valence-corrected chi connectivity index (χ1v) is 7.90. The Bertz CT molecular complexity index is 429. The second-order valence-corrected chi connectivity index (χ2v) is 7.30. The van der Waals surface area contributed by atoms with Gasteiger partial charge in [-0.3, -0.25) is 0 Å². The Labute approximate surface area is 124 Å². The van der Waals surface area contributed by atoms with Crippen LogP contribution in [0.5, 0.6) is 0 Å². The van der Waals surface area contributed by atoms with E-state index in [2.05, 4.69) is 57.0 Å². The van der Waals surface area contributed by atoms with Gasteiger partial charge in [-0.2, -0.15) is 0 Å². The van der Waals surface area contributed by atoms with Gasteiger partial charge in [0.1, 0.15) is 0 Å². The Hall–Kier alpha value is -0.860. The van der Waals surface area contributed by atoms with Crippen molar-refractivity contribution < 1.29 is 0 Å². The molecule has 0 aliphatic heterocycles. The molecule has 0 radical (unpaired) electrons. The number of likely N-dealkylation sites (N-methyl/N-ethyl adjacent to an activating group) is 1. The highest BCUT2D eigenvalue weighted by Crippen LogP contribution is 2.36.